The van der Waals surface area contributed by atoms with E-state index in [9.17, 15) is 9.59 Å². The molecule has 0 unspecified atom stereocenters. The van der Waals surface area contributed by atoms with E-state index in [-0.39, 0.29) is 18.1 Å². The topological polar surface area (TPSA) is 90.4 Å². The van der Waals surface area contributed by atoms with E-state index in [1.807, 2.05) is 6.26 Å². The number of thioether (sulfide) groups is 1. The molecule has 0 aliphatic rings. The van der Waals surface area contributed by atoms with Crippen LogP contribution in [0.15, 0.2) is 11.4 Å². The van der Waals surface area contributed by atoms with Crippen molar-refractivity contribution >= 4 is 29.5 Å². The second-order valence-electron chi connectivity index (χ2n) is 4.17. The van der Waals surface area contributed by atoms with Gasteiger partial charge in [-0.25, -0.2) is 14.8 Å². The molecule has 0 aliphatic carbocycles. The Morgan fingerprint density at radius 2 is 2.00 bits per heavy atom. The molecule has 122 valence electrons. The molecular formula is C14H21N3O4S. The van der Waals surface area contributed by atoms with Crippen LogP contribution in [0.25, 0.3) is 0 Å². The molecule has 1 N–H and O–H groups in total. The number of carbonyl (C=O) groups excluding carboxylic acids is 2. The van der Waals surface area contributed by atoms with Crippen LogP contribution < -0.4 is 5.32 Å². The number of carbonyl (C=O) groups is 2. The van der Waals surface area contributed by atoms with Crippen molar-refractivity contribution in [2.24, 2.45) is 0 Å². The van der Waals surface area contributed by atoms with E-state index in [4.69, 9.17) is 9.47 Å². The summed E-state index contributed by atoms with van der Waals surface area (Å²) in [5, 5.41) is 3.61. The summed E-state index contributed by atoms with van der Waals surface area (Å²) in [4.78, 5) is 31.5. The number of nitrogens with zero attached hydrogens (tertiary/aromatic N) is 2. The second kappa shape index (κ2) is 9.99. The summed E-state index contributed by atoms with van der Waals surface area (Å²) in [6.45, 7) is 4.66. The Bertz CT molecular complexity index is 511. The van der Waals surface area contributed by atoms with Crippen molar-refractivity contribution in [3.05, 3.63) is 11.8 Å². The quantitative estimate of drug-likeness (QED) is 0.319. The standard InChI is InChI=1S/C14H21N3O4S/c1-4-20-11(18)7-6-8-15-12-10(13(19)21-5-2)9-16-14(17-12)22-3/h9H,4-8H2,1-3H3,(H,15,16,17). The first-order chi connectivity index (χ1) is 10.6. The maximum atomic E-state index is 11.9. The summed E-state index contributed by atoms with van der Waals surface area (Å²) in [5.74, 6) is -0.285. The molecule has 1 aromatic rings. The van der Waals surface area contributed by atoms with Crippen LogP contribution in [0, 0.1) is 0 Å². The van der Waals surface area contributed by atoms with E-state index in [0.29, 0.717) is 37.0 Å². The minimum atomic E-state index is -0.469. The van der Waals surface area contributed by atoms with Crippen LogP contribution in [0.5, 0.6) is 0 Å². The Balaban J connectivity index is 2.66. The van der Waals surface area contributed by atoms with Gasteiger partial charge in [0.2, 0.25) is 0 Å². The van der Waals surface area contributed by atoms with Crippen LogP contribution in [0.2, 0.25) is 0 Å². The highest BCUT2D eigenvalue weighted by atomic mass is 32.2. The van der Waals surface area contributed by atoms with Crippen molar-refractivity contribution in [3.63, 3.8) is 0 Å². The Labute approximate surface area is 134 Å². The molecule has 0 saturated carbocycles. The van der Waals surface area contributed by atoms with Gasteiger partial charge in [-0.2, -0.15) is 0 Å². The molecule has 0 saturated heterocycles. The van der Waals surface area contributed by atoms with E-state index in [0.717, 1.165) is 0 Å². The molecule has 7 nitrogen and oxygen atoms in total. The zero-order valence-electron chi connectivity index (χ0n) is 13.0. The minimum absolute atomic E-state index is 0.234. The largest absolute Gasteiger partial charge is 0.466 e. The molecular weight excluding hydrogens is 306 g/mol. The first-order valence-corrected chi connectivity index (χ1v) is 8.32. The smallest absolute Gasteiger partial charge is 0.343 e. The van der Waals surface area contributed by atoms with Gasteiger partial charge < -0.3 is 14.8 Å². The maximum Gasteiger partial charge on any atom is 0.343 e. The number of aromatic nitrogens is 2. The lowest BCUT2D eigenvalue weighted by Gasteiger charge is -2.10. The number of ether oxygens (including phenoxy) is 2. The third-order valence-electron chi connectivity index (χ3n) is 2.60. The average molecular weight is 327 g/mol. The van der Waals surface area contributed by atoms with Crippen molar-refractivity contribution in [3.8, 4) is 0 Å². The molecule has 1 aromatic heterocycles. The van der Waals surface area contributed by atoms with Crippen LogP contribution in [0.4, 0.5) is 5.82 Å². The lowest BCUT2D eigenvalue weighted by molar-refractivity contribution is -0.143. The van der Waals surface area contributed by atoms with Gasteiger partial charge >= 0.3 is 11.9 Å². The molecule has 0 atom stereocenters. The maximum absolute atomic E-state index is 11.9. The normalized spacial score (nSPS) is 10.1. The lowest BCUT2D eigenvalue weighted by atomic mass is 10.3. The van der Waals surface area contributed by atoms with Crippen LogP contribution in [-0.2, 0) is 14.3 Å². The highest BCUT2D eigenvalue weighted by molar-refractivity contribution is 7.98. The van der Waals surface area contributed by atoms with Gasteiger partial charge in [-0.15, -0.1) is 0 Å². The number of nitrogens with one attached hydrogen (secondary N) is 1. The summed E-state index contributed by atoms with van der Waals surface area (Å²) in [6.07, 6.45) is 4.20. The van der Waals surface area contributed by atoms with Gasteiger partial charge in [-0.3, -0.25) is 4.79 Å². The van der Waals surface area contributed by atoms with Gasteiger partial charge in [0, 0.05) is 19.2 Å². The predicted molar refractivity (Wildman–Crippen MR) is 84.1 cm³/mol. The SMILES string of the molecule is CCOC(=O)CCCNc1nc(SC)ncc1C(=O)OCC. The van der Waals surface area contributed by atoms with Crippen molar-refractivity contribution in [2.45, 2.75) is 31.8 Å². The van der Waals surface area contributed by atoms with E-state index < -0.39 is 5.97 Å². The van der Waals surface area contributed by atoms with Crippen LogP contribution in [-0.4, -0.2) is 47.9 Å². The van der Waals surface area contributed by atoms with Gasteiger partial charge in [0.25, 0.3) is 0 Å². The van der Waals surface area contributed by atoms with Gasteiger partial charge in [0.05, 0.1) is 13.2 Å². The Hall–Kier alpha value is -1.83. The number of anilines is 1. The van der Waals surface area contributed by atoms with Crippen LogP contribution in [0.3, 0.4) is 0 Å². The zero-order chi connectivity index (χ0) is 16.4. The third-order valence-corrected chi connectivity index (χ3v) is 3.16. The summed E-state index contributed by atoms with van der Waals surface area (Å²) >= 11 is 1.38. The summed E-state index contributed by atoms with van der Waals surface area (Å²) in [5.41, 5.74) is 0.288. The number of hydrogen-bond donors (Lipinski definition) is 1. The second-order valence-corrected chi connectivity index (χ2v) is 4.95. The first kappa shape index (κ1) is 18.2. The lowest BCUT2D eigenvalue weighted by Crippen LogP contribution is -2.14. The van der Waals surface area contributed by atoms with Gasteiger partial charge in [-0.1, -0.05) is 11.8 Å². The molecule has 22 heavy (non-hydrogen) atoms. The fraction of sp³-hybridized carbons (Fsp3) is 0.571. The molecule has 0 fully saturated rings. The number of hydrogen-bond acceptors (Lipinski definition) is 8. The fourth-order valence-electron chi connectivity index (χ4n) is 1.63. The molecule has 1 heterocycles. The highest BCUT2D eigenvalue weighted by Crippen LogP contribution is 2.17. The summed E-state index contributed by atoms with van der Waals surface area (Å²) in [7, 11) is 0. The van der Waals surface area contributed by atoms with Crippen LogP contribution in [0.1, 0.15) is 37.0 Å². The van der Waals surface area contributed by atoms with Gasteiger partial charge in [-0.05, 0) is 26.5 Å². The molecule has 0 bridgehead atoms. The minimum Gasteiger partial charge on any atom is -0.466 e. The van der Waals surface area contributed by atoms with E-state index >= 15 is 0 Å². The average Bonchev–Trinajstić information content (AvgIpc) is 2.51. The Morgan fingerprint density at radius 3 is 2.64 bits per heavy atom. The highest BCUT2D eigenvalue weighted by Gasteiger charge is 2.15. The van der Waals surface area contributed by atoms with E-state index in [1.165, 1.54) is 18.0 Å². The fourth-order valence-corrected chi connectivity index (χ4v) is 1.97. The molecule has 0 aromatic carbocycles. The van der Waals surface area contributed by atoms with Gasteiger partial charge in [0.15, 0.2) is 5.16 Å². The molecule has 0 spiro atoms. The van der Waals surface area contributed by atoms with Crippen LogP contribution >= 0.6 is 11.8 Å². The monoisotopic (exact) mass is 327 g/mol. The van der Waals surface area contributed by atoms with E-state index in [2.05, 4.69) is 15.3 Å². The summed E-state index contributed by atoms with van der Waals surface area (Å²) in [6, 6.07) is 0. The van der Waals surface area contributed by atoms with Crippen molar-refractivity contribution in [1.29, 1.82) is 0 Å². The van der Waals surface area contributed by atoms with Crippen molar-refractivity contribution in [1.82, 2.24) is 9.97 Å². The molecule has 0 amide bonds. The molecule has 1 rings (SSSR count). The number of esters is 2. The third kappa shape index (κ3) is 5.88. The molecule has 8 heteroatoms. The Kier molecular flexibility index (Phi) is 8.27. The molecule has 0 aliphatic heterocycles. The van der Waals surface area contributed by atoms with Crippen molar-refractivity contribution < 1.29 is 19.1 Å². The van der Waals surface area contributed by atoms with Crippen molar-refractivity contribution in [2.75, 3.05) is 31.3 Å². The van der Waals surface area contributed by atoms with E-state index in [1.54, 1.807) is 13.8 Å². The molecule has 0 radical (unpaired) electrons. The zero-order valence-corrected chi connectivity index (χ0v) is 13.9. The first-order valence-electron chi connectivity index (χ1n) is 7.10. The van der Waals surface area contributed by atoms with Gasteiger partial charge in [0.1, 0.15) is 11.4 Å². The number of rotatable bonds is 9. The Morgan fingerprint density at radius 1 is 1.27 bits per heavy atom. The predicted octanol–water partition coefficient (Wildman–Crippen LogP) is 2.13. The summed E-state index contributed by atoms with van der Waals surface area (Å²) < 4.78 is 9.83.